The van der Waals surface area contributed by atoms with E-state index in [4.69, 9.17) is 5.84 Å². The summed E-state index contributed by atoms with van der Waals surface area (Å²) in [6, 6.07) is 6.42. The fraction of sp³-hybridized carbons (Fsp3) is 0.333. The predicted molar refractivity (Wildman–Crippen MR) is 56.7 cm³/mol. The average molecular weight is 195 g/mol. The number of nitrogens with one attached hydrogen (secondary N) is 2. The Bertz CT molecular complexity index is 301. The van der Waals surface area contributed by atoms with Gasteiger partial charge in [0.05, 0.1) is 0 Å². The van der Waals surface area contributed by atoms with E-state index in [-0.39, 0.29) is 0 Å². The number of anilines is 1. The maximum absolute atomic E-state index is 5.26. The molecule has 0 aliphatic carbocycles. The first-order valence-corrected chi connectivity index (χ1v) is 5.32. The summed E-state index contributed by atoms with van der Waals surface area (Å²) >= 11 is 1.90. The summed E-state index contributed by atoms with van der Waals surface area (Å²) in [5.41, 5.74) is 5.11. The van der Waals surface area contributed by atoms with Crippen LogP contribution in [0.3, 0.4) is 0 Å². The first-order valence-electron chi connectivity index (χ1n) is 4.33. The molecule has 3 nitrogen and oxygen atoms in total. The normalized spacial score (nSPS) is 14.8. The van der Waals surface area contributed by atoms with Crippen molar-refractivity contribution in [2.24, 2.45) is 5.84 Å². The standard InChI is InChI=1S/C9H13N3S/c10-12-6-7-1-2-9-8(5-7)11-3-4-13-9/h1-2,5,11-12H,3-4,6,10H2. The SMILES string of the molecule is NNCc1ccc2c(c1)NCCS2. The maximum atomic E-state index is 5.26. The zero-order valence-corrected chi connectivity index (χ0v) is 8.16. The van der Waals surface area contributed by atoms with Gasteiger partial charge in [-0.25, -0.2) is 0 Å². The minimum Gasteiger partial charge on any atom is -0.383 e. The molecule has 0 atom stereocenters. The molecule has 1 aromatic rings. The number of nitrogens with two attached hydrogens (primary N) is 1. The Morgan fingerprint density at radius 3 is 3.31 bits per heavy atom. The molecule has 1 heterocycles. The highest BCUT2D eigenvalue weighted by Gasteiger charge is 2.08. The molecule has 0 saturated carbocycles. The summed E-state index contributed by atoms with van der Waals surface area (Å²) in [6.07, 6.45) is 0. The Labute approximate surface area is 82.1 Å². The molecule has 0 unspecified atom stereocenters. The highest BCUT2D eigenvalue weighted by molar-refractivity contribution is 7.99. The lowest BCUT2D eigenvalue weighted by Gasteiger charge is -2.18. The number of benzene rings is 1. The Kier molecular flexibility index (Phi) is 2.73. The van der Waals surface area contributed by atoms with Crippen molar-refractivity contribution in [3.63, 3.8) is 0 Å². The molecule has 13 heavy (non-hydrogen) atoms. The molecule has 1 aliphatic heterocycles. The molecule has 0 bridgehead atoms. The first kappa shape index (κ1) is 8.87. The number of hydrazine groups is 1. The third-order valence-corrected chi connectivity index (χ3v) is 3.10. The quantitative estimate of drug-likeness (QED) is 0.490. The molecule has 1 aliphatic rings. The lowest BCUT2D eigenvalue weighted by atomic mass is 10.2. The fourth-order valence-corrected chi connectivity index (χ4v) is 2.29. The van der Waals surface area contributed by atoms with Gasteiger partial charge in [0.1, 0.15) is 0 Å². The molecule has 4 N–H and O–H groups in total. The Morgan fingerprint density at radius 2 is 2.46 bits per heavy atom. The van der Waals surface area contributed by atoms with Crippen LogP contribution in [0.4, 0.5) is 5.69 Å². The Hall–Kier alpha value is -0.710. The van der Waals surface area contributed by atoms with Crippen molar-refractivity contribution in [2.45, 2.75) is 11.4 Å². The number of rotatable bonds is 2. The van der Waals surface area contributed by atoms with E-state index in [2.05, 4.69) is 28.9 Å². The molecule has 0 radical (unpaired) electrons. The van der Waals surface area contributed by atoms with Gasteiger partial charge in [-0.1, -0.05) is 6.07 Å². The molecule has 70 valence electrons. The number of hydrogen-bond donors (Lipinski definition) is 3. The van der Waals surface area contributed by atoms with Crippen LogP contribution in [0.25, 0.3) is 0 Å². The molecular weight excluding hydrogens is 182 g/mol. The second-order valence-corrected chi connectivity index (χ2v) is 4.12. The molecule has 4 heteroatoms. The van der Waals surface area contributed by atoms with Crippen molar-refractivity contribution in [3.05, 3.63) is 23.8 Å². The van der Waals surface area contributed by atoms with Gasteiger partial charge >= 0.3 is 0 Å². The topological polar surface area (TPSA) is 50.1 Å². The third kappa shape index (κ3) is 1.96. The van der Waals surface area contributed by atoms with Gasteiger partial charge in [0, 0.05) is 29.4 Å². The second kappa shape index (κ2) is 4.00. The van der Waals surface area contributed by atoms with E-state index in [1.807, 2.05) is 11.8 Å². The fourth-order valence-electron chi connectivity index (χ4n) is 1.42. The predicted octanol–water partition coefficient (Wildman–Crippen LogP) is 1.17. The van der Waals surface area contributed by atoms with Crippen LogP contribution in [-0.4, -0.2) is 12.3 Å². The van der Waals surface area contributed by atoms with E-state index in [0.717, 1.165) is 18.8 Å². The average Bonchev–Trinajstić information content (AvgIpc) is 2.18. The molecule has 0 aromatic heterocycles. The number of thioether (sulfide) groups is 1. The van der Waals surface area contributed by atoms with Crippen molar-refractivity contribution >= 4 is 17.4 Å². The van der Waals surface area contributed by atoms with E-state index in [1.165, 1.54) is 16.1 Å². The van der Waals surface area contributed by atoms with E-state index in [9.17, 15) is 0 Å². The summed E-state index contributed by atoms with van der Waals surface area (Å²) in [5, 5.41) is 3.37. The summed E-state index contributed by atoms with van der Waals surface area (Å²) in [6.45, 7) is 1.77. The van der Waals surface area contributed by atoms with Gasteiger partial charge in [0.25, 0.3) is 0 Å². The first-order chi connectivity index (χ1) is 6.40. The summed E-state index contributed by atoms with van der Waals surface area (Å²) in [5.74, 6) is 6.42. The Balaban J connectivity index is 2.24. The van der Waals surface area contributed by atoms with Crippen LogP contribution >= 0.6 is 11.8 Å². The lowest BCUT2D eigenvalue weighted by Crippen LogP contribution is -2.21. The monoisotopic (exact) mass is 195 g/mol. The summed E-state index contributed by atoms with van der Waals surface area (Å²) in [7, 11) is 0. The van der Waals surface area contributed by atoms with Gasteiger partial charge in [0.15, 0.2) is 0 Å². The van der Waals surface area contributed by atoms with Gasteiger partial charge < -0.3 is 5.32 Å². The van der Waals surface area contributed by atoms with Crippen molar-refractivity contribution in [3.8, 4) is 0 Å². The highest BCUT2D eigenvalue weighted by Crippen LogP contribution is 2.31. The van der Waals surface area contributed by atoms with Crippen molar-refractivity contribution in [1.82, 2.24) is 5.43 Å². The van der Waals surface area contributed by atoms with Crippen LogP contribution in [0.2, 0.25) is 0 Å². The molecule has 0 amide bonds. The minimum absolute atomic E-state index is 0.722. The molecule has 0 fully saturated rings. The zero-order chi connectivity index (χ0) is 9.10. The molecule has 0 saturated heterocycles. The smallest absolute Gasteiger partial charge is 0.0481 e. The van der Waals surface area contributed by atoms with Crippen LogP contribution in [0.15, 0.2) is 23.1 Å². The van der Waals surface area contributed by atoms with E-state index < -0.39 is 0 Å². The number of fused-ring (bicyclic) bond motifs is 1. The second-order valence-electron chi connectivity index (χ2n) is 2.99. The van der Waals surface area contributed by atoms with Gasteiger partial charge in [0.2, 0.25) is 0 Å². The highest BCUT2D eigenvalue weighted by atomic mass is 32.2. The molecule has 1 aromatic carbocycles. The van der Waals surface area contributed by atoms with Crippen molar-refractivity contribution in [2.75, 3.05) is 17.6 Å². The summed E-state index contributed by atoms with van der Waals surface area (Å²) < 4.78 is 0. The van der Waals surface area contributed by atoms with Crippen molar-refractivity contribution in [1.29, 1.82) is 0 Å². The van der Waals surface area contributed by atoms with Gasteiger partial charge in [-0.2, -0.15) is 0 Å². The maximum Gasteiger partial charge on any atom is 0.0481 e. The van der Waals surface area contributed by atoms with Crippen LogP contribution < -0.4 is 16.6 Å². The minimum atomic E-state index is 0.722. The molecule has 0 spiro atoms. The van der Waals surface area contributed by atoms with Crippen molar-refractivity contribution < 1.29 is 0 Å². The van der Waals surface area contributed by atoms with Gasteiger partial charge in [-0.3, -0.25) is 11.3 Å². The van der Waals surface area contributed by atoms with E-state index in [0.29, 0.717) is 0 Å². The van der Waals surface area contributed by atoms with Crippen LogP contribution in [-0.2, 0) is 6.54 Å². The largest absolute Gasteiger partial charge is 0.383 e. The molecule has 2 rings (SSSR count). The Morgan fingerprint density at radius 1 is 1.54 bits per heavy atom. The van der Waals surface area contributed by atoms with Crippen LogP contribution in [0.5, 0.6) is 0 Å². The van der Waals surface area contributed by atoms with Gasteiger partial charge in [-0.05, 0) is 17.7 Å². The van der Waals surface area contributed by atoms with Crippen LogP contribution in [0, 0.1) is 0 Å². The number of hydrogen-bond acceptors (Lipinski definition) is 4. The van der Waals surface area contributed by atoms with Gasteiger partial charge in [-0.15, -0.1) is 11.8 Å². The van der Waals surface area contributed by atoms with Crippen LogP contribution in [0.1, 0.15) is 5.56 Å². The molecular formula is C9H13N3S. The summed E-state index contributed by atoms with van der Waals surface area (Å²) in [4.78, 5) is 1.34. The van der Waals surface area contributed by atoms with E-state index in [1.54, 1.807) is 0 Å². The third-order valence-electron chi connectivity index (χ3n) is 2.03. The zero-order valence-electron chi connectivity index (χ0n) is 7.34. The van der Waals surface area contributed by atoms with E-state index >= 15 is 0 Å². The lowest BCUT2D eigenvalue weighted by molar-refractivity contribution is 0.741.